The summed E-state index contributed by atoms with van der Waals surface area (Å²) in [5.74, 6) is 0.117. The van der Waals surface area contributed by atoms with Gasteiger partial charge in [-0.15, -0.1) is 0 Å². The van der Waals surface area contributed by atoms with E-state index in [9.17, 15) is 20.1 Å². The van der Waals surface area contributed by atoms with Crippen LogP contribution in [0, 0.1) is 22.7 Å². The Labute approximate surface area is 199 Å². The van der Waals surface area contributed by atoms with Gasteiger partial charge in [-0.25, -0.2) is 9.78 Å². The number of ether oxygens (including phenoxy) is 1. The average molecular weight is 481 g/mol. The average Bonchev–Trinajstić information content (AvgIpc) is 3.16. The van der Waals surface area contributed by atoms with Gasteiger partial charge in [-0.2, -0.15) is 10.5 Å². The number of carbonyl (C=O) groups excluding carboxylic acids is 1. The van der Waals surface area contributed by atoms with Gasteiger partial charge in [0.2, 0.25) is 5.91 Å². The Morgan fingerprint density at radius 1 is 1.29 bits per heavy atom. The number of nitrogens with zero attached hydrogens (tertiary/aromatic N) is 4. The molecule has 4 N–H and O–H groups in total. The number of unbranched alkanes of at least 4 members (excludes halogenated alkanes) is 1. The maximum Gasteiger partial charge on any atom is 0.435 e. The number of carbonyl (C=O) groups is 1. The monoisotopic (exact) mass is 480 g/mol. The quantitative estimate of drug-likeness (QED) is 0.235. The van der Waals surface area contributed by atoms with Gasteiger partial charge < -0.3 is 15.8 Å². The number of aromatic nitrogens is 3. The molecule has 0 unspecified atom stereocenters. The Balaban J connectivity index is 1.79. The van der Waals surface area contributed by atoms with E-state index >= 15 is 0 Å². The molecule has 0 spiro atoms. The number of aryl methyl sites for hydroxylation is 1. The number of hydrogen-bond acceptors (Lipinski definition) is 9. The standard InChI is InChI=1S/C22H21N7O4S/c1-3-4-9-32-14-7-5-13(6-8-14)26-17(30)12-34-21-16(11-24)18(15(10-23)20(25)27-21)19-22(31)33-28-29(19)2/h5-8H,3-4,9,12H2,1-2H3,(H3-,25,26,27,28,30,31)/p+1. The Morgan fingerprint density at radius 3 is 2.59 bits per heavy atom. The van der Waals surface area contributed by atoms with Crippen LogP contribution in [0.4, 0.5) is 11.5 Å². The molecule has 0 saturated carbocycles. The highest BCUT2D eigenvalue weighted by molar-refractivity contribution is 8.00. The molecule has 1 amide bonds. The molecule has 0 bridgehead atoms. The number of rotatable bonds is 9. The number of H-pyrrole nitrogens is 1. The van der Waals surface area contributed by atoms with Crippen molar-refractivity contribution in [3.8, 4) is 29.1 Å². The second-order valence-electron chi connectivity index (χ2n) is 7.10. The van der Waals surface area contributed by atoms with E-state index in [1.165, 1.54) is 11.7 Å². The van der Waals surface area contributed by atoms with E-state index in [1.54, 1.807) is 24.3 Å². The van der Waals surface area contributed by atoms with Crippen LogP contribution >= 0.6 is 11.8 Å². The van der Waals surface area contributed by atoms with E-state index < -0.39 is 5.63 Å². The summed E-state index contributed by atoms with van der Waals surface area (Å²) < 4.78 is 11.6. The lowest BCUT2D eigenvalue weighted by atomic mass is 10.0. The summed E-state index contributed by atoms with van der Waals surface area (Å²) in [6.45, 7) is 2.71. The van der Waals surface area contributed by atoms with Crippen LogP contribution in [0.25, 0.3) is 11.3 Å². The number of nitriles is 2. The van der Waals surface area contributed by atoms with E-state index in [0.29, 0.717) is 18.0 Å². The third kappa shape index (κ3) is 5.36. The van der Waals surface area contributed by atoms with Gasteiger partial charge in [0.05, 0.1) is 17.9 Å². The van der Waals surface area contributed by atoms with E-state index in [0.717, 1.165) is 24.6 Å². The minimum Gasteiger partial charge on any atom is -0.494 e. The van der Waals surface area contributed by atoms with E-state index in [2.05, 4.69) is 22.5 Å². The van der Waals surface area contributed by atoms with Gasteiger partial charge in [-0.1, -0.05) is 29.8 Å². The zero-order valence-electron chi connectivity index (χ0n) is 18.5. The summed E-state index contributed by atoms with van der Waals surface area (Å²) >= 11 is 0.960. The lowest BCUT2D eigenvalue weighted by Gasteiger charge is -2.10. The molecule has 0 aliphatic carbocycles. The summed E-state index contributed by atoms with van der Waals surface area (Å²) in [6, 6.07) is 10.8. The fraction of sp³-hybridized carbons (Fsp3) is 0.273. The SMILES string of the molecule is CCCCOc1ccc(NC(=O)CSc2nc(N)c(C#N)c(-c3c(=O)o[nH][n+]3C)c2C#N)cc1. The number of thioether (sulfide) groups is 1. The number of benzene rings is 1. The van der Waals surface area contributed by atoms with Crippen molar-refractivity contribution >= 4 is 29.2 Å². The van der Waals surface area contributed by atoms with Gasteiger partial charge in [0.15, 0.2) is 7.05 Å². The summed E-state index contributed by atoms with van der Waals surface area (Å²) in [5, 5.41) is 24.5. The van der Waals surface area contributed by atoms with E-state index in [4.69, 9.17) is 15.0 Å². The largest absolute Gasteiger partial charge is 0.494 e. The fourth-order valence-corrected chi connectivity index (χ4v) is 3.84. The molecule has 34 heavy (non-hydrogen) atoms. The highest BCUT2D eigenvalue weighted by Crippen LogP contribution is 2.33. The molecule has 174 valence electrons. The first kappa shape index (κ1) is 24.4. The van der Waals surface area contributed by atoms with Crippen molar-refractivity contribution in [1.29, 1.82) is 10.5 Å². The molecule has 0 radical (unpaired) electrons. The number of nitrogens with two attached hydrogens (primary N) is 1. The van der Waals surface area contributed by atoms with Crippen LogP contribution in [-0.4, -0.2) is 28.5 Å². The van der Waals surface area contributed by atoms with Crippen LogP contribution < -0.4 is 26.1 Å². The van der Waals surface area contributed by atoms with Crippen molar-refractivity contribution in [3.05, 3.63) is 45.8 Å². The lowest BCUT2D eigenvalue weighted by Crippen LogP contribution is -2.34. The highest BCUT2D eigenvalue weighted by atomic mass is 32.2. The van der Waals surface area contributed by atoms with E-state index in [1.807, 2.05) is 12.1 Å². The summed E-state index contributed by atoms with van der Waals surface area (Å²) in [7, 11) is 1.49. The molecule has 2 aromatic heterocycles. The molecule has 0 aliphatic rings. The first-order valence-electron chi connectivity index (χ1n) is 10.3. The second kappa shape index (κ2) is 11.0. The number of nitrogens with one attached hydrogen (secondary N) is 2. The molecule has 2 heterocycles. The molecule has 0 fully saturated rings. The van der Waals surface area contributed by atoms with Crippen molar-refractivity contribution < 1.29 is 18.7 Å². The molecule has 0 saturated heterocycles. The minimum absolute atomic E-state index is 0.00318. The van der Waals surface area contributed by atoms with Crippen molar-refractivity contribution in [1.82, 2.24) is 10.3 Å². The minimum atomic E-state index is -0.781. The van der Waals surface area contributed by atoms with Crippen molar-refractivity contribution in [2.45, 2.75) is 24.8 Å². The predicted octanol–water partition coefficient (Wildman–Crippen LogP) is 2.09. The van der Waals surface area contributed by atoms with Gasteiger partial charge in [0.25, 0.3) is 0 Å². The molecule has 3 rings (SSSR count). The maximum atomic E-state index is 12.5. The smallest absolute Gasteiger partial charge is 0.435 e. The third-order valence-electron chi connectivity index (χ3n) is 4.70. The van der Waals surface area contributed by atoms with Crippen molar-refractivity contribution in [2.24, 2.45) is 7.05 Å². The summed E-state index contributed by atoms with van der Waals surface area (Å²) in [5.41, 5.74) is 5.48. The number of nitrogen functional groups attached to an aromatic ring is 1. The van der Waals surface area contributed by atoms with Gasteiger partial charge >= 0.3 is 11.3 Å². The Morgan fingerprint density at radius 2 is 2.00 bits per heavy atom. The first-order chi connectivity index (χ1) is 16.4. The van der Waals surface area contributed by atoms with E-state index in [-0.39, 0.29) is 44.9 Å². The lowest BCUT2D eigenvalue weighted by molar-refractivity contribution is -0.730. The Bertz CT molecular complexity index is 1330. The number of anilines is 2. The third-order valence-corrected chi connectivity index (χ3v) is 5.68. The van der Waals surface area contributed by atoms with Gasteiger partial charge in [-0.05, 0) is 36.0 Å². The van der Waals surface area contributed by atoms with Gasteiger partial charge in [0, 0.05) is 5.69 Å². The van der Waals surface area contributed by atoms with Crippen molar-refractivity contribution in [3.63, 3.8) is 0 Å². The van der Waals surface area contributed by atoms with Crippen LogP contribution in [0.5, 0.6) is 5.75 Å². The zero-order chi connectivity index (χ0) is 24.7. The Kier molecular flexibility index (Phi) is 7.90. The number of pyridine rings is 1. The molecule has 0 aliphatic heterocycles. The normalized spacial score (nSPS) is 10.4. The molecular formula is C22H22N7O4S+. The topological polar surface area (TPSA) is 175 Å². The van der Waals surface area contributed by atoms with Crippen LogP contribution in [0.15, 0.2) is 38.6 Å². The second-order valence-corrected chi connectivity index (χ2v) is 8.07. The predicted molar refractivity (Wildman–Crippen MR) is 124 cm³/mol. The molecular weight excluding hydrogens is 458 g/mol. The number of aromatic amines is 1. The maximum absolute atomic E-state index is 12.5. The molecule has 12 heteroatoms. The van der Waals surface area contributed by atoms with Crippen LogP contribution in [0.1, 0.15) is 30.9 Å². The highest BCUT2D eigenvalue weighted by Gasteiger charge is 2.31. The molecule has 3 aromatic rings. The van der Waals surface area contributed by atoms with Gasteiger partial charge in [0.1, 0.15) is 39.9 Å². The van der Waals surface area contributed by atoms with Crippen LogP contribution in [0.2, 0.25) is 0 Å². The number of amides is 1. The summed E-state index contributed by atoms with van der Waals surface area (Å²) in [6.07, 6.45) is 2.00. The number of hydrogen-bond donors (Lipinski definition) is 3. The van der Waals surface area contributed by atoms with Crippen molar-refractivity contribution in [2.75, 3.05) is 23.4 Å². The Hall–Kier alpha value is -4.29. The van der Waals surface area contributed by atoms with Gasteiger partial charge in [-0.3, -0.25) is 9.32 Å². The summed E-state index contributed by atoms with van der Waals surface area (Å²) in [4.78, 5) is 28.8. The van der Waals surface area contributed by atoms with Crippen LogP contribution in [-0.2, 0) is 11.8 Å². The first-order valence-corrected chi connectivity index (χ1v) is 11.2. The zero-order valence-corrected chi connectivity index (χ0v) is 19.4. The molecule has 11 nitrogen and oxygen atoms in total. The molecule has 1 aromatic carbocycles. The molecule has 0 atom stereocenters. The van der Waals surface area contributed by atoms with Crippen LogP contribution in [0.3, 0.4) is 0 Å². The fourth-order valence-electron chi connectivity index (χ4n) is 3.05.